The van der Waals surface area contributed by atoms with Crippen molar-refractivity contribution >= 4 is 11.9 Å². The largest absolute Gasteiger partial charge is 0.480 e. The number of carboxylic acid groups (broad SMARTS) is 1. The van der Waals surface area contributed by atoms with Crippen LogP contribution in [-0.4, -0.2) is 28.4 Å². The predicted octanol–water partition coefficient (Wildman–Crippen LogP) is 1.65. The van der Waals surface area contributed by atoms with Crippen LogP contribution in [0.2, 0.25) is 0 Å². The van der Waals surface area contributed by atoms with E-state index in [-0.39, 0.29) is 5.92 Å². The van der Waals surface area contributed by atoms with Crippen LogP contribution >= 0.6 is 0 Å². The Bertz CT molecular complexity index is 288. The van der Waals surface area contributed by atoms with Crippen LogP contribution in [0, 0.1) is 5.92 Å². The SMILES string of the molecule is CC(C)CC(F)(F)C(=O)NC(C)(C)C(=O)O. The number of alkyl halides is 2. The summed E-state index contributed by atoms with van der Waals surface area (Å²) in [5.41, 5.74) is -1.70. The van der Waals surface area contributed by atoms with Crippen LogP contribution in [0.3, 0.4) is 0 Å². The third kappa shape index (κ3) is 4.12. The van der Waals surface area contributed by atoms with Gasteiger partial charge < -0.3 is 10.4 Å². The zero-order valence-corrected chi connectivity index (χ0v) is 9.80. The van der Waals surface area contributed by atoms with Gasteiger partial charge in [0.2, 0.25) is 0 Å². The highest BCUT2D eigenvalue weighted by atomic mass is 19.3. The van der Waals surface area contributed by atoms with Crippen LogP contribution in [0.1, 0.15) is 34.1 Å². The number of carbonyl (C=O) groups excluding carboxylic acids is 1. The second-order valence-corrected chi connectivity index (χ2v) is 4.69. The summed E-state index contributed by atoms with van der Waals surface area (Å²) in [6.45, 7) is 5.42. The fraction of sp³-hybridized carbons (Fsp3) is 0.800. The molecule has 0 aromatic carbocycles. The Kier molecular flexibility index (Phi) is 4.40. The molecule has 1 amide bonds. The Hall–Kier alpha value is -1.20. The summed E-state index contributed by atoms with van der Waals surface area (Å²) in [6, 6.07) is 0. The van der Waals surface area contributed by atoms with E-state index in [4.69, 9.17) is 5.11 Å². The van der Waals surface area contributed by atoms with E-state index in [1.807, 2.05) is 5.32 Å². The van der Waals surface area contributed by atoms with Crippen molar-refractivity contribution in [3.05, 3.63) is 0 Å². The van der Waals surface area contributed by atoms with Gasteiger partial charge in [-0.3, -0.25) is 4.79 Å². The van der Waals surface area contributed by atoms with Gasteiger partial charge in [0.05, 0.1) is 0 Å². The summed E-state index contributed by atoms with van der Waals surface area (Å²) in [4.78, 5) is 21.8. The first kappa shape index (κ1) is 14.8. The molecular formula is C10H17F2NO3. The van der Waals surface area contributed by atoms with Crippen LogP contribution in [-0.2, 0) is 9.59 Å². The average Bonchev–Trinajstić information content (AvgIpc) is 1.99. The van der Waals surface area contributed by atoms with Crippen molar-refractivity contribution in [1.82, 2.24) is 5.32 Å². The number of amides is 1. The van der Waals surface area contributed by atoms with Gasteiger partial charge in [0.15, 0.2) is 0 Å². The molecule has 6 heteroatoms. The first-order valence-electron chi connectivity index (χ1n) is 4.93. The molecule has 2 N–H and O–H groups in total. The molecule has 0 aliphatic carbocycles. The quantitative estimate of drug-likeness (QED) is 0.764. The molecule has 0 aromatic heterocycles. The summed E-state index contributed by atoms with van der Waals surface area (Å²) >= 11 is 0. The van der Waals surface area contributed by atoms with Crippen molar-refractivity contribution in [2.24, 2.45) is 5.92 Å². The maximum Gasteiger partial charge on any atom is 0.328 e. The Morgan fingerprint density at radius 3 is 2.06 bits per heavy atom. The average molecular weight is 237 g/mol. The maximum absolute atomic E-state index is 13.3. The van der Waals surface area contributed by atoms with Crippen LogP contribution in [0.5, 0.6) is 0 Å². The number of carbonyl (C=O) groups is 2. The molecule has 0 heterocycles. The highest BCUT2D eigenvalue weighted by molar-refractivity contribution is 5.89. The lowest BCUT2D eigenvalue weighted by Gasteiger charge is -2.25. The summed E-state index contributed by atoms with van der Waals surface area (Å²) in [5, 5.41) is 10.5. The molecule has 0 rings (SSSR count). The van der Waals surface area contributed by atoms with Crippen molar-refractivity contribution in [1.29, 1.82) is 0 Å². The zero-order valence-electron chi connectivity index (χ0n) is 9.80. The van der Waals surface area contributed by atoms with Crippen molar-refractivity contribution in [3.8, 4) is 0 Å². The molecule has 0 spiro atoms. The molecule has 0 radical (unpaired) electrons. The molecule has 4 nitrogen and oxygen atoms in total. The van der Waals surface area contributed by atoms with E-state index in [0.717, 1.165) is 13.8 Å². The third-order valence-electron chi connectivity index (χ3n) is 1.96. The molecule has 0 bridgehead atoms. The number of rotatable bonds is 5. The van der Waals surface area contributed by atoms with Crippen molar-refractivity contribution < 1.29 is 23.5 Å². The molecule has 16 heavy (non-hydrogen) atoms. The van der Waals surface area contributed by atoms with Gasteiger partial charge in [-0.2, -0.15) is 8.78 Å². The highest BCUT2D eigenvalue weighted by Crippen LogP contribution is 2.24. The van der Waals surface area contributed by atoms with E-state index in [1.54, 1.807) is 13.8 Å². The van der Waals surface area contributed by atoms with Crippen LogP contribution in [0.15, 0.2) is 0 Å². The number of nitrogens with one attached hydrogen (secondary N) is 1. The second kappa shape index (κ2) is 4.76. The summed E-state index contributed by atoms with van der Waals surface area (Å²) in [6.07, 6.45) is -0.603. The topological polar surface area (TPSA) is 66.4 Å². The van der Waals surface area contributed by atoms with Crippen molar-refractivity contribution in [2.75, 3.05) is 0 Å². The lowest BCUT2D eigenvalue weighted by molar-refractivity contribution is -0.155. The van der Waals surface area contributed by atoms with Gasteiger partial charge >= 0.3 is 11.9 Å². The van der Waals surface area contributed by atoms with Gasteiger partial charge in [0.25, 0.3) is 5.91 Å². The first-order chi connectivity index (χ1) is 6.99. The van der Waals surface area contributed by atoms with E-state index in [0.29, 0.717) is 0 Å². The van der Waals surface area contributed by atoms with Gasteiger partial charge in [0, 0.05) is 6.42 Å². The first-order valence-corrected chi connectivity index (χ1v) is 4.93. The standard InChI is InChI=1S/C10H17F2NO3/c1-6(2)5-10(11,12)7(14)13-9(3,4)8(15)16/h6H,5H2,1-4H3,(H,13,14)(H,15,16). The lowest BCUT2D eigenvalue weighted by Crippen LogP contribution is -2.55. The summed E-state index contributed by atoms with van der Waals surface area (Å²) in [5.74, 6) is -6.80. The molecular weight excluding hydrogens is 220 g/mol. The Morgan fingerprint density at radius 1 is 1.31 bits per heavy atom. The zero-order chi connectivity index (χ0) is 13.1. The van der Waals surface area contributed by atoms with E-state index in [1.165, 1.54) is 0 Å². The Balaban J connectivity index is 4.64. The molecule has 0 fully saturated rings. The van der Waals surface area contributed by atoms with E-state index in [9.17, 15) is 18.4 Å². The number of hydrogen-bond donors (Lipinski definition) is 2. The minimum absolute atomic E-state index is 0.353. The van der Waals surface area contributed by atoms with E-state index < -0.39 is 29.8 Å². The predicted molar refractivity (Wildman–Crippen MR) is 54.3 cm³/mol. The lowest BCUT2D eigenvalue weighted by atomic mass is 10.0. The molecule has 0 saturated heterocycles. The molecule has 0 aliphatic heterocycles. The smallest absolute Gasteiger partial charge is 0.328 e. The fourth-order valence-electron chi connectivity index (χ4n) is 1.03. The van der Waals surface area contributed by atoms with Gasteiger partial charge in [0.1, 0.15) is 5.54 Å². The molecule has 0 aromatic rings. The minimum Gasteiger partial charge on any atom is -0.480 e. The van der Waals surface area contributed by atoms with Gasteiger partial charge in [-0.25, -0.2) is 4.79 Å². The molecule has 94 valence electrons. The van der Waals surface area contributed by atoms with E-state index in [2.05, 4.69) is 0 Å². The molecule has 0 atom stereocenters. The summed E-state index contributed by atoms with van der Waals surface area (Å²) < 4.78 is 26.5. The number of halogens is 2. The Morgan fingerprint density at radius 2 is 1.75 bits per heavy atom. The molecule has 0 unspecified atom stereocenters. The van der Waals surface area contributed by atoms with E-state index >= 15 is 0 Å². The molecule has 0 saturated carbocycles. The monoisotopic (exact) mass is 237 g/mol. The fourth-order valence-corrected chi connectivity index (χ4v) is 1.03. The number of aliphatic carboxylic acids is 1. The van der Waals surface area contributed by atoms with Gasteiger partial charge in [-0.05, 0) is 19.8 Å². The van der Waals surface area contributed by atoms with Gasteiger partial charge in [-0.15, -0.1) is 0 Å². The minimum atomic E-state index is -3.54. The van der Waals surface area contributed by atoms with Crippen LogP contribution in [0.25, 0.3) is 0 Å². The van der Waals surface area contributed by atoms with Crippen LogP contribution in [0.4, 0.5) is 8.78 Å². The van der Waals surface area contributed by atoms with Crippen molar-refractivity contribution in [2.45, 2.75) is 45.6 Å². The number of carboxylic acids is 1. The second-order valence-electron chi connectivity index (χ2n) is 4.69. The third-order valence-corrected chi connectivity index (χ3v) is 1.96. The van der Waals surface area contributed by atoms with Gasteiger partial charge in [-0.1, -0.05) is 13.8 Å². The molecule has 0 aliphatic rings. The van der Waals surface area contributed by atoms with Crippen LogP contribution < -0.4 is 5.32 Å². The normalized spacial score (nSPS) is 12.7. The van der Waals surface area contributed by atoms with Crippen molar-refractivity contribution in [3.63, 3.8) is 0 Å². The Labute approximate surface area is 93.0 Å². The highest BCUT2D eigenvalue weighted by Gasteiger charge is 2.43. The number of hydrogen-bond acceptors (Lipinski definition) is 2. The summed E-state index contributed by atoms with van der Waals surface area (Å²) in [7, 11) is 0. The maximum atomic E-state index is 13.3.